The fourth-order valence-electron chi connectivity index (χ4n) is 0.876. The van der Waals surface area contributed by atoms with Crippen molar-refractivity contribution in [1.82, 2.24) is 0 Å². The van der Waals surface area contributed by atoms with E-state index in [1.54, 1.807) is 5.57 Å². The Morgan fingerprint density at radius 2 is 2.50 bits per heavy atom. The Bertz CT molecular complexity index is 120. The summed E-state index contributed by atoms with van der Waals surface area (Å²) in [5.74, 6) is 0.628. The molecule has 0 saturated heterocycles. The summed E-state index contributed by atoms with van der Waals surface area (Å²) in [5, 5.41) is 0. The first-order chi connectivity index (χ1) is 3.84. The second kappa shape index (κ2) is 2.17. The van der Waals surface area contributed by atoms with E-state index in [1.807, 2.05) is 6.08 Å². The van der Waals surface area contributed by atoms with E-state index in [-0.39, 0.29) is 0 Å². The summed E-state index contributed by atoms with van der Waals surface area (Å²) in [6, 6.07) is 0. The zero-order valence-electron chi connectivity index (χ0n) is 5.35. The van der Waals surface area contributed by atoms with Crippen LogP contribution in [0.1, 0.15) is 19.8 Å². The van der Waals surface area contributed by atoms with E-state index < -0.39 is 0 Å². The van der Waals surface area contributed by atoms with Gasteiger partial charge in [-0.15, -0.1) is 6.58 Å². The normalized spacial score (nSPS) is 20.9. The fourth-order valence-corrected chi connectivity index (χ4v) is 0.876. The SMILES string of the molecule is C=CC(C)C1=CCC1. The van der Waals surface area contributed by atoms with Crippen molar-refractivity contribution < 1.29 is 0 Å². The number of hydrogen-bond donors (Lipinski definition) is 0. The van der Waals surface area contributed by atoms with Crippen molar-refractivity contribution in [3.8, 4) is 0 Å². The number of hydrogen-bond acceptors (Lipinski definition) is 0. The topological polar surface area (TPSA) is 0 Å². The molecule has 0 aliphatic heterocycles. The second-order valence-electron chi connectivity index (χ2n) is 2.34. The van der Waals surface area contributed by atoms with Crippen LogP contribution < -0.4 is 0 Å². The average molecular weight is 108 g/mol. The van der Waals surface area contributed by atoms with Gasteiger partial charge in [0, 0.05) is 0 Å². The Balaban J connectivity index is 2.45. The van der Waals surface area contributed by atoms with Crippen LogP contribution >= 0.6 is 0 Å². The summed E-state index contributed by atoms with van der Waals surface area (Å²) in [5.41, 5.74) is 1.57. The highest BCUT2D eigenvalue weighted by molar-refractivity contribution is 5.18. The quantitative estimate of drug-likeness (QED) is 0.477. The smallest absolute Gasteiger partial charge is 0.00542 e. The molecule has 1 rings (SSSR count). The van der Waals surface area contributed by atoms with Gasteiger partial charge in [-0.3, -0.25) is 0 Å². The molecule has 0 bridgehead atoms. The lowest BCUT2D eigenvalue weighted by molar-refractivity contribution is 0.719. The third-order valence-electron chi connectivity index (χ3n) is 1.78. The van der Waals surface area contributed by atoms with Crippen LogP contribution in [-0.4, -0.2) is 0 Å². The summed E-state index contributed by atoms with van der Waals surface area (Å²) in [7, 11) is 0. The number of allylic oxidation sites excluding steroid dienone is 3. The summed E-state index contributed by atoms with van der Waals surface area (Å²) in [4.78, 5) is 0. The van der Waals surface area contributed by atoms with Gasteiger partial charge in [-0.05, 0) is 18.8 Å². The van der Waals surface area contributed by atoms with Crippen LogP contribution in [-0.2, 0) is 0 Å². The molecular formula is C8H12. The van der Waals surface area contributed by atoms with Gasteiger partial charge in [0.15, 0.2) is 0 Å². The summed E-state index contributed by atoms with van der Waals surface area (Å²) in [6.45, 7) is 5.92. The molecule has 0 heterocycles. The molecule has 1 aliphatic rings. The van der Waals surface area contributed by atoms with Gasteiger partial charge in [0.2, 0.25) is 0 Å². The van der Waals surface area contributed by atoms with E-state index >= 15 is 0 Å². The van der Waals surface area contributed by atoms with E-state index in [0.717, 1.165) is 0 Å². The van der Waals surface area contributed by atoms with Crippen LogP contribution in [0.2, 0.25) is 0 Å². The predicted molar refractivity (Wildman–Crippen MR) is 36.7 cm³/mol. The Labute approximate surface area is 50.9 Å². The van der Waals surface area contributed by atoms with Crippen LogP contribution in [0, 0.1) is 5.92 Å². The Hall–Kier alpha value is -0.520. The van der Waals surface area contributed by atoms with Crippen LogP contribution in [0.3, 0.4) is 0 Å². The summed E-state index contributed by atoms with van der Waals surface area (Å²) in [6.07, 6.45) is 6.89. The lowest BCUT2D eigenvalue weighted by Gasteiger charge is -2.17. The van der Waals surface area contributed by atoms with Crippen LogP contribution in [0.5, 0.6) is 0 Å². The average Bonchev–Trinajstić information content (AvgIpc) is 1.62. The molecule has 0 heteroatoms. The number of rotatable bonds is 2. The highest BCUT2D eigenvalue weighted by atomic mass is 14.1. The molecule has 0 fully saturated rings. The highest BCUT2D eigenvalue weighted by Crippen LogP contribution is 2.25. The molecule has 0 nitrogen and oxygen atoms in total. The molecule has 1 atom stereocenters. The molecule has 0 N–H and O–H groups in total. The maximum Gasteiger partial charge on any atom is -0.00542 e. The molecule has 8 heavy (non-hydrogen) atoms. The van der Waals surface area contributed by atoms with E-state index in [2.05, 4.69) is 19.6 Å². The van der Waals surface area contributed by atoms with Gasteiger partial charge in [-0.2, -0.15) is 0 Å². The van der Waals surface area contributed by atoms with Gasteiger partial charge in [0.05, 0.1) is 0 Å². The Morgan fingerprint density at radius 3 is 2.62 bits per heavy atom. The fraction of sp³-hybridized carbons (Fsp3) is 0.500. The monoisotopic (exact) mass is 108 g/mol. The zero-order valence-corrected chi connectivity index (χ0v) is 5.35. The van der Waals surface area contributed by atoms with Crippen molar-refractivity contribution in [2.75, 3.05) is 0 Å². The largest absolute Gasteiger partial charge is 0.102 e. The van der Waals surface area contributed by atoms with Crippen LogP contribution in [0.25, 0.3) is 0 Å². The molecule has 0 saturated carbocycles. The van der Waals surface area contributed by atoms with E-state index in [4.69, 9.17) is 0 Å². The van der Waals surface area contributed by atoms with Gasteiger partial charge in [0.1, 0.15) is 0 Å². The molecule has 0 aromatic heterocycles. The maximum absolute atomic E-state index is 3.72. The van der Waals surface area contributed by atoms with Gasteiger partial charge < -0.3 is 0 Å². The molecule has 0 amide bonds. The van der Waals surface area contributed by atoms with Crippen molar-refractivity contribution in [3.05, 3.63) is 24.3 Å². The van der Waals surface area contributed by atoms with Crippen molar-refractivity contribution in [1.29, 1.82) is 0 Å². The Kier molecular flexibility index (Phi) is 1.52. The minimum Gasteiger partial charge on any atom is -0.102 e. The lowest BCUT2D eigenvalue weighted by atomic mass is 9.88. The summed E-state index contributed by atoms with van der Waals surface area (Å²) < 4.78 is 0. The molecule has 0 spiro atoms. The molecule has 0 aromatic rings. The van der Waals surface area contributed by atoms with Crippen LogP contribution in [0.15, 0.2) is 24.3 Å². The predicted octanol–water partition coefficient (Wildman–Crippen LogP) is 2.53. The van der Waals surface area contributed by atoms with Crippen molar-refractivity contribution in [2.45, 2.75) is 19.8 Å². The van der Waals surface area contributed by atoms with E-state index in [1.165, 1.54) is 12.8 Å². The van der Waals surface area contributed by atoms with Gasteiger partial charge >= 0.3 is 0 Å². The lowest BCUT2D eigenvalue weighted by Crippen LogP contribution is -2.01. The standard InChI is InChI=1S/C8H12/c1-3-7(2)8-5-4-6-8/h3,5,7H,1,4,6H2,2H3. The minimum absolute atomic E-state index is 0.628. The molecule has 0 aromatic carbocycles. The van der Waals surface area contributed by atoms with Crippen molar-refractivity contribution in [3.63, 3.8) is 0 Å². The molecule has 1 aliphatic carbocycles. The molecule has 0 radical (unpaired) electrons. The Morgan fingerprint density at radius 1 is 1.88 bits per heavy atom. The molecule has 44 valence electrons. The first kappa shape index (κ1) is 5.61. The highest BCUT2D eigenvalue weighted by Gasteiger charge is 2.09. The van der Waals surface area contributed by atoms with Gasteiger partial charge in [-0.1, -0.05) is 24.6 Å². The summed E-state index contributed by atoms with van der Waals surface area (Å²) >= 11 is 0. The second-order valence-corrected chi connectivity index (χ2v) is 2.34. The molecule has 1 unspecified atom stereocenters. The first-order valence-electron chi connectivity index (χ1n) is 3.16. The minimum atomic E-state index is 0.628. The maximum atomic E-state index is 3.72. The third kappa shape index (κ3) is 0.835. The van der Waals surface area contributed by atoms with Crippen molar-refractivity contribution >= 4 is 0 Å². The first-order valence-corrected chi connectivity index (χ1v) is 3.16. The van der Waals surface area contributed by atoms with Gasteiger partial charge in [0.25, 0.3) is 0 Å². The van der Waals surface area contributed by atoms with E-state index in [0.29, 0.717) is 5.92 Å². The molecular weight excluding hydrogens is 96.1 g/mol. The zero-order chi connectivity index (χ0) is 5.98. The van der Waals surface area contributed by atoms with E-state index in [9.17, 15) is 0 Å². The van der Waals surface area contributed by atoms with Gasteiger partial charge in [-0.25, -0.2) is 0 Å². The third-order valence-corrected chi connectivity index (χ3v) is 1.78. The van der Waals surface area contributed by atoms with Crippen LogP contribution in [0.4, 0.5) is 0 Å². The van der Waals surface area contributed by atoms with Crippen molar-refractivity contribution in [2.24, 2.45) is 5.92 Å².